The lowest BCUT2D eigenvalue weighted by atomic mass is 10.0. The average Bonchev–Trinajstić information content (AvgIpc) is 2.86. The molecule has 0 aliphatic heterocycles. The van der Waals surface area contributed by atoms with Crippen molar-refractivity contribution < 1.29 is 9.90 Å². The second-order valence-corrected chi connectivity index (χ2v) is 5.61. The van der Waals surface area contributed by atoms with E-state index in [0.29, 0.717) is 6.54 Å². The molecule has 1 heterocycles. The number of hydrogen-bond acceptors (Lipinski definition) is 3. The van der Waals surface area contributed by atoms with Crippen LogP contribution in [0.4, 0.5) is 0 Å². The highest BCUT2D eigenvalue weighted by Crippen LogP contribution is 2.25. The molecule has 0 spiro atoms. The summed E-state index contributed by atoms with van der Waals surface area (Å²) in [5.74, 6) is -0.789. The Morgan fingerprint density at radius 2 is 2.14 bits per heavy atom. The van der Waals surface area contributed by atoms with Crippen LogP contribution in [0.2, 0.25) is 0 Å². The third kappa shape index (κ3) is 3.95. The lowest BCUT2D eigenvalue weighted by Gasteiger charge is -2.21. The van der Waals surface area contributed by atoms with Gasteiger partial charge in [-0.1, -0.05) is 24.6 Å². The number of carboxylic acids is 1. The molecule has 22 heavy (non-hydrogen) atoms. The first-order valence-corrected chi connectivity index (χ1v) is 7.53. The normalized spacial score (nSPS) is 11.1. The van der Waals surface area contributed by atoms with Crippen LogP contribution in [0.1, 0.15) is 24.5 Å². The Bertz CT molecular complexity index is 649. The summed E-state index contributed by atoms with van der Waals surface area (Å²) in [6, 6.07) is 8.28. The summed E-state index contributed by atoms with van der Waals surface area (Å²) in [5, 5.41) is 13.3. The van der Waals surface area contributed by atoms with Crippen LogP contribution >= 0.6 is 0 Å². The zero-order valence-electron chi connectivity index (χ0n) is 13.4. The zero-order valence-corrected chi connectivity index (χ0v) is 13.4. The monoisotopic (exact) mass is 301 g/mol. The first kappa shape index (κ1) is 16.2. The highest BCUT2D eigenvalue weighted by Gasteiger charge is 2.14. The van der Waals surface area contributed by atoms with E-state index in [0.717, 1.165) is 29.8 Å². The number of carbonyl (C=O) groups is 1. The minimum atomic E-state index is -0.789. The average molecular weight is 301 g/mol. The van der Waals surface area contributed by atoms with Crippen molar-refractivity contribution in [2.75, 3.05) is 13.1 Å². The maximum absolute atomic E-state index is 11.0. The Morgan fingerprint density at radius 3 is 2.73 bits per heavy atom. The minimum absolute atomic E-state index is 0.0620. The molecule has 0 saturated carbocycles. The van der Waals surface area contributed by atoms with E-state index in [-0.39, 0.29) is 6.54 Å². The largest absolute Gasteiger partial charge is 0.480 e. The maximum Gasteiger partial charge on any atom is 0.317 e. The number of rotatable bonds is 7. The molecular formula is C17H23N3O2. The van der Waals surface area contributed by atoms with Gasteiger partial charge in [-0.05, 0) is 37.6 Å². The van der Waals surface area contributed by atoms with E-state index >= 15 is 0 Å². The van der Waals surface area contributed by atoms with E-state index in [1.807, 2.05) is 22.7 Å². The molecule has 0 saturated heterocycles. The number of aliphatic carboxylic acids is 1. The van der Waals surface area contributed by atoms with Gasteiger partial charge in [-0.2, -0.15) is 5.10 Å². The summed E-state index contributed by atoms with van der Waals surface area (Å²) in [5.41, 5.74) is 4.47. The number of nitrogens with zero attached hydrogens (tertiary/aromatic N) is 3. The predicted octanol–water partition coefficient (Wildman–Crippen LogP) is 2.69. The Hall–Kier alpha value is -2.14. The summed E-state index contributed by atoms with van der Waals surface area (Å²) in [6.45, 7) is 5.58. The Kier molecular flexibility index (Phi) is 5.33. The van der Waals surface area contributed by atoms with Gasteiger partial charge in [0.15, 0.2) is 0 Å². The van der Waals surface area contributed by atoms with Gasteiger partial charge in [0.1, 0.15) is 0 Å². The molecule has 1 aromatic carbocycles. The molecule has 1 N–H and O–H groups in total. The molecule has 0 amide bonds. The third-order valence-electron chi connectivity index (χ3n) is 3.65. The summed E-state index contributed by atoms with van der Waals surface area (Å²) in [4.78, 5) is 13.0. The molecule has 2 aromatic rings. The van der Waals surface area contributed by atoms with Crippen molar-refractivity contribution in [1.82, 2.24) is 14.7 Å². The SMILES string of the molecule is CCCN(CC(=O)O)Cc1ccc(C)cc1-c1ccnn1C. The first-order chi connectivity index (χ1) is 10.5. The predicted molar refractivity (Wildman–Crippen MR) is 86.6 cm³/mol. The second-order valence-electron chi connectivity index (χ2n) is 5.61. The van der Waals surface area contributed by atoms with Gasteiger partial charge < -0.3 is 5.11 Å². The van der Waals surface area contributed by atoms with Crippen molar-refractivity contribution in [3.05, 3.63) is 41.6 Å². The van der Waals surface area contributed by atoms with Gasteiger partial charge in [-0.3, -0.25) is 14.4 Å². The van der Waals surface area contributed by atoms with E-state index in [9.17, 15) is 4.79 Å². The summed E-state index contributed by atoms with van der Waals surface area (Å²) >= 11 is 0. The van der Waals surface area contributed by atoms with Crippen molar-refractivity contribution in [3.63, 3.8) is 0 Å². The molecule has 0 radical (unpaired) electrons. The minimum Gasteiger partial charge on any atom is -0.480 e. The summed E-state index contributed by atoms with van der Waals surface area (Å²) in [6.07, 6.45) is 2.71. The van der Waals surface area contributed by atoms with Gasteiger partial charge in [0.05, 0.1) is 12.2 Å². The highest BCUT2D eigenvalue weighted by atomic mass is 16.4. The van der Waals surface area contributed by atoms with Gasteiger partial charge in [-0.15, -0.1) is 0 Å². The Labute approximate surface area is 131 Å². The Balaban J connectivity index is 2.34. The smallest absolute Gasteiger partial charge is 0.317 e. The van der Waals surface area contributed by atoms with Crippen LogP contribution in [0.3, 0.4) is 0 Å². The van der Waals surface area contributed by atoms with Crippen molar-refractivity contribution in [2.24, 2.45) is 7.05 Å². The lowest BCUT2D eigenvalue weighted by Crippen LogP contribution is -2.30. The van der Waals surface area contributed by atoms with E-state index in [1.165, 1.54) is 5.56 Å². The van der Waals surface area contributed by atoms with Gasteiger partial charge in [0.25, 0.3) is 0 Å². The molecule has 1 aromatic heterocycles. The second kappa shape index (κ2) is 7.22. The molecule has 118 valence electrons. The lowest BCUT2D eigenvalue weighted by molar-refractivity contribution is -0.138. The zero-order chi connectivity index (χ0) is 16.1. The molecule has 0 aliphatic carbocycles. The first-order valence-electron chi connectivity index (χ1n) is 7.53. The van der Waals surface area contributed by atoms with Crippen LogP contribution < -0.4 is 0 Å². The van der Waals surface area contributed by atoms with E-state index in [4.69, 9.17) is 5.11 Å². The number of hydrogen-bond donors (Lipinski definition) is 1. The fourth-order valence-electron chi connectivity index (χ4n) is 2.67. The quantitative estimate of drug-likeness (QED) is 0.854. The number of carboxylic acid groups (broad SMARTS) is 1. The topological polar surface area (TPSA) is 58.4 Å². The summed E-state index contributed by atoms with van der Waals surface area (Å²) < 4.78 is 1.85. The number of aryl methyl sites for hydroxylation is 2. The fourth-order valence-corrected chi connectivity index (χ4v) is 2.67. The number of aromatic nitrogens is 2. The maximum atomic E-state index is 11.0. The van der Waals surface area contributed by atoms with E-state index in [2.05, 4.69) is 37.1 Å². The van der Waals surface area contributed by atoms with Gasteiger partial charge >= 0.3 is 5.97 Å². The van der Waals surface area contributed by atoms with Crippen LogP contribution in [0.25, 0.3) is 11.3 Å². The van der Waals surface area contributed by atoms with Crippen LogP contribution in [-0.4, -0.2) is 38.8 Å². The van der Waals surface area contributed by atoms with Crippen LogP contribution in [0, 0.1) is 6.92 Å². The molecule has 0 atom stereocenters. The fraction of sp³-hybridized carbons (Fsp3) is 0.412. The van der Waals surface area contributed by atoms with Crippen molar-refractivity contribution in [3.8, 4) is 11.3 Å². The molecule has 5 nitrogen and oxygen atoms in total. The van der Waals surface area contributed by atoms with Gasteiger partial charge in [0, 0.05) is 25.4 Å². The van der Waals surface area contributed by atoms with E-state index in [1.54, 1.807) is 6.20 Å². The van der Waals surface area contributed by atoms with E-state index < -0.39 is 5.97 Å². The standard InChI is InChI=1S/C17H23N3O2/c1-4-9-20(12-17(21)22)11-14-6-5-13(2)10-15(14)16-7-8-18-19(16)3/h5-8,10H,4,9,11-12H2,1-3H3,(H,21,22). The molecule has 0 aliphatic rings. The van der Waals surface area contributed by atoms with Gasteiger partial charge in [-0.25, -0.2) is 0 Å². The molecule has 0 fully saturated rings. The Morgan fingerprint density at radius 1 is 1.36 bits per heavy atom. The molecule has 2 rings (SSSR count). The third-order valence-corrected chi connectivity index (χ3v) is 3.65. The molecule has 5 heteroatoms. The van der Waals surface area contributed by atoms with Crippen molar-refractivity contribution >= 4 is 5.97 Å². The molecular weight excluding hydrogens is 278 g/mol. The van der Waals surface area contributed by atoms with Crippen LogP contribution in [-0.2, 0) is 18.4 Å². The van der Waals surface area contributed by atoms with Gasteiger partial charge in [0.2, 0.25) is 0 Å². The highest BCUT2D eigenvalue weighted by molar-refractivity contribution is 5.69. The van der Waals surface area contributed by atoms with Crippen LogP contribution in [0.15, 0.2) is 30.5 Å². The van der Waals surface area contributed by atoms with Crippen LogP contribution in [0.5, 0.6) is 0 Å². The molecule has 0 bridgehead atoms. The summed E-state index contributed by atoms with van der Waals surface area (Å²) in [7, 11) is 1.92. The number of benzene rings is 1. The van der Waals surface area contributed by atoms with Crippen molar-refractivity contribution in [2.45, 2.75) is 26.8 Å². The molecule has 0 unspecified atom stereocenters. The van der Waals surface area contributed by atoms with Crippen molar-refractivity contribution in [1.29, 1.82) is 0 Å².